The fourth-order valence-electron chi connectivity index (χ4n) is 3.91. The average molecular weight is 673 g/mol. The van der Waals surface area contributed by atoms with E-state index in [1.807, 2.05) is 13.8 Å². The lowest BCUT2D eigenvalue weighted by Crippen LogP contribution is -2.26. The molecule has 17 heteroatoms. The largest absolute Gasteiger partial charge is 0.492 e. The number of carbonyl (C=O) groups excluding carboxylic acids is 1. The van der Waals surface area contributed by atoms with E-state index < -0.39 is 19.5 Å². The van der Waals surface area contributed by atoms with Gasteiger partial charge in [0, 0.05) is 22.9 Å². The second-order valence-electron chi connectivity index (χ2n) is 8.86. The van der Waals surface area contributed by atoms with E-state index in [0.29, 0.717) is 67.3 Å². The molecule has 1 amide bonds. The number of thioether (sulfide) groups is 1. The first-order valence-corrected chi connectivity index (χ1v) is 17.1. The smallest absolute Gasteiger partial charge is 0.325 e. The molecule has 0 saturated carbocycles. The normalized spacial score (nSPS) is 12.3. The molecule has 4 N–H and O–H groups in total. The van der Waals surface area contributed by atoms with Gasteiger partial charge in [-0.2, -0.15) is 5.10 Å². The number of ether oxygens (including phenoxy) is 1. The van der Waals surface area contributed by atoms with Crippen molar-refractivity contribution in [3.8, 4) is 5.75 Å². The van der Waals surface area contributed by atoms with Gasteiger partial charge < -0.3 is 25.2 Å². The predicted molar refractivity (Wildman–Crippen MR) is 167 cm³/mol. The molecule has 0 saturated heterocycles. The van der Waals surface area contributed by atoms with Gasteiger partial charge in [0.1, 0.15) is 29.8 Å². The van der Waals surface area contributed by atoms with E-state index >= 15 is 0 Å². The summed E-state index contributed by atoms with van der Waals surface area (Å²) in [6.07, 6.45) is 1.88. The molecule has 0 aliphatic carbocycles. The number of rotatable bonds is 13. The van der Waals surface area contributed by atoms with Crippen LogP contribution in [-0.4, -0.2) is 54.0 Å². The molecule has 4 rings (SSSR count). The zero-order valence-corrected chi connectivity index (χ0v) is 26.5. The van der Waals surface area contributed by atoms with Gasteiger partial charge in [0.05, 0.1) is 29.0 Å². The second-order valence-corrected chi connectivity index (χ2v) is 14.0. The van der Waals surface area contributed by atoms with Crippen LogP contribution in [0.2, 0.25) is 5.02 Å². The molecule has 2 aromatic heterocycles. The first-order valence-electron chi connectivity index (χ1n) is 12.7. The molecule has 11 nitrogen and oxygen atoms in total. The molecule has 0 aliphatic rings. The third kappa shape index (κ3) is 8.25. The fourth-order valence-corrected chi connectivity index (χ4v) is 7.31. The maximum atomic E-state index is 13.7. The average Bonchev–Trinajstić information content (AvgIpc) is 3.29. The first kappa shape index (κ1) is 32.3. The van der Waals surface area contributed by atoms with Gasteiger partial charge in [-0.3, -0.25) is 9.36 Å². The molecule has 2 aromatic carbocycles. The first-order chi connectivity index (χ1) is 20.0. The predicted octanol–water partition coefficient (Wildman–Crippen LogP) is 6.80. The summed E-state index contributed by atoms with van der Waals surface area (Å²) in [5, 5.41) is 11.1. The van der Waals surface area contributed by atoms with Crippen molar-refractivity contribution in [1.82, 2.24) is 19.7 Å². The van der Waals surface area contributed by atoms with Gasteiger partial charge in [-0.15, -0.1) is 0 Å². The third-order valence-corrected chi connectivity index (χ3v) is 9.50. The summed E-state index contributed by atoms with van der Waals surface area (Å²) >= 11 is 14.0. The number of anilines is 3. The van der Waals surface area contributed by atoms with Crippen molar-refractivity contribution in [1.29, 1.82) is 0 Å². The van der Waals surface area contributed by atoms with E-state index in [4.69, 9.17) is 38.3 Å². The van der Waals surface area contributed by atoms with Crippen molar-refractivity contribution in [2.45, 2.75) is 37.1 Å². The molecule has 4 aromatic rings. The summed E-state index contributed by atoms with van der Waals surface area (Å²) in [4.78, 5) is 40.3. The lowest BCUT2D eigenvalue weighted by atomic mass is 10.1. The molecule has 0 radical (unpaired) electrons. The maximum absolute atomic E-state index is 13.7. The van der Waals surface area contributed by atoms with E-state index in [0.717, 1.165) is 0 Å². The number of nitrogens with one attached hydrogen (secondary N) is 2. The molecule has 1 atom stereocenters. The van der Waals surface area contributed by atoms with Crippen LogP contribution in [0.1, 0.15) is 32.7 Å². The van der Waals surface area contributed by atoms with Crippen LogP contribution in [0.15, 0.2) is 41.0 Å². The van der Waals surface area contributed by atoms with Gasteiger partial charge in [-0.1, -0.05) is 41.6 Å². The van der Waals surface area contributed by atoms with Crippen molar-refractivity contribution < 1.29 is 28.3 Å². The Hall–Kier alpha value is -2.65. The van der Waals surface area contributed by atoms with E-state index in [-0.39, 0.29) is 17.1 Å². The third-order valence-electron chi connectivity index (χ3n) is 5.83. The van der Waals surface area contributed by atoms with Crippen LogP contribution < -0.4 is 15.4 Å². The van der Waals surface area contributed by atoms with Crippen LogP contribution >= 0.6 is 54.5 Å². The Bertz CT molecular complexity index is 1700. The quantitative estimate of drug-likeness (QED) is 0.0513. The monoisotopic (exact) mass is 672 g/mol. The standard InChI is InChI=1S/C25H27ClFN6O5PS3/c1-3-20(33-25(40)42-24(32-33)41-9-5-8-39(35,36)37)23(34)31-19-11-15-18(12-21(19)38-4-2)28-13-29-22(15)30-14-6-7-17(27)16(26)10-14/h6-7,10-13,20H,3-5,8-9H2,1-2H3,(H,31,34)(H,28,29,30)(H2,35,36,37). The van der Waals surface area contributed by atoms with Gasteiger partial charge in [0.2, 0.25) is 5.91 Å². The fraction of sp³-hybridized carbons (Fsp3) is 0.320. The molecule has 2 heterocycles. The number of halogens is 2. The highest BCUT2D eigenvalue weighted by Gasteiger charge is 2.24. The molecular formula is C25H27ClFN6O5PS3. The van der Waals surface area contributed by atoms with Crippen molar-refractivity contribution in [2.75, 3.05) is 29.2 Å². The summed E-state index contributed by atoms with van der Waals surface area (Å²) < 4.78 is 33.0. The Kier molecular flexibility index (Phi) is 10.9. The van der Waals surface area contributed by atoms with Crippen molar-refractivity contribution in [3.63, 3.8) is 0 Å². The number of fused-ring (bicyclic) bond motifs is 1. The SMILES string of the molecule is CCOc1cc2ncnc(Nc3ccc(F)c(Cl)c3)c2cc1NC(=O)C(CC)n1nc(SCCCP(=O)(O)O)sc1=S. The lowest BCUT2D eigenvalue weighted by Gasteiger charge is -2.18. The number of nitrogens with zero attached hydrogens (tertiary/aromatic N) is 4. The summed E-state index contributed by atoms with van der Waals surface area (Å²) in [7, 11) is -4.06. The summed E-state index contributed by atoms with van der Waals surface area (Å²) in [5.74, 6) is 0.362. The molecule has 224 valence electrons. The number of hydrogen-bond acceptors (Lipinski definition) is 10. The van der Waals surface area contributed by atoms with E-state index in [9.17, 15) is 13.8 Å². The van der Waals surface area contributed by atoms with E-state index in [1.54, 1.807) is 12.1 Å². The highest BCUT2D eigenvalue weighted by atomic mass is 35.5. The van der Waals surface area contributed by atoms with Crippen LogP contribution in [0.3, 0.4) is 0 Å². The second kappa shape index (κ2) is 14.2. The van der Waals surface area contributed by atoms with Gasteiger partial charge in [-0.05, 0) is 56.2 Å². The van der Waals surface area contributed by atoms with Crippen LogP contribution in [0.4, 0.5) is 21.6 Å². The Morgan fingerprint density at radius 2 is 2.07 bits per heavy atom. The topological polar surface area (TPSA) is 151 Å². The van der Waals surface area contributed by atoms with Gasteiger partial charge in [0.25, 0.3) is 0 Å². The Morgan fingerprint density at radius 1 is 1.29 bits per heavy atom. The number of amides is 1. The lowest BCUT2D eigenvalue weighted by molar-refractivity contribution is -0.119. The number of hydrogen-bond donors (Lipinski definition) is 4. The molecule has 0 bridgehead atoms. The minimum Gasteiger partial charge on any atom is -0.492 e. The summed E-state index contributed by atoms with van der Waals surface area (Å²) in [6.45, 7) is 4.00. The van der Waals surface area contributed by atoms with Gasteiger partial charge >= 0.3 is 7.60 Å². The molecule has 0 aliphatic heterocycles. The molecule has 1 unspecified atom stereocenters. The summed E-state index contributed by atoms with van der Waals surface area (Å²) in [6, 6.07) is 6.87. The number of carbonyl (C=O) groups is 1. The molecular weight excluding hydrogens is 646 g/mol. The van der Waals surface area contributed by atoms with Crippen LogP contribution in [0, 0.1) is 9.77 Å². The van der Waals surface area contributed by atoms with Crippen molar-refractivity contribution in [2.24, 2.45) is 0 Å². The van der Waals surface area contributed by atoms with Crippen LogP contribution in [0.5, 0.6) is 5.75 Å². The van der Waals surface area contributed by atoms with Crippen LogP contribution in [-0.2, 0) is 9.36 Å². The molecule has 0 spiro atoms. The highest BCUT2D eigenvalue weighted by molar-refractivity contribution is 8.01. The molecule has 0 fully saturated rings. The summed E-state index contributed by atoms with van der Waals surface area (Å²) in [5.41, 5.74) is 1.45. The zero-order chi connectivity index (χ0) is 30.4. The van der Waals surface area contributed by atoms with E-state index in [1.165, 1.54) is 52.3 Å². The number of benzene rings is 2. The van der Waals surface area contributed by atoms with Gasteiger partial charge in [-0.25, -0.2) is 19.0 Å². The minimum atomic E-state index is -4.06. The maximum Gasteiger partial charge on any atom is 0.325 e. The zero-order valence-electron chi connectivity index (χ0n) is 22.4. The van der Waals surface area contributed by atoms with Crippen LogP contribution in [0.25, 0.3) is 10.9 Å². The minimum absolute atomic E-state index is 0.0427. The highest BCUT2D eigenvalue weighted by Crippen LogP contribution is 2.37. The number of aromatic nitrogens is 4. The molecule has 42 heavy (non-hydrogen) atoms. The Balaban J connectivity index is 1.59. The van der Waals surface area contributed by atoms with Gasteiger partial charge in [0.15, 0.2) is 8.29 Å². The van der Waals surface area contributed by atoms with Crippen molar-refractivity contribution >= 4 is 88.5 Å². The Labute approximate surface area is 259 Å². The van der Waals surface area contributed by atoms with Crippen molar-refractivity contribution in [3.05, 3.63) is 51.5 Å². The Morgan fingerprint density at radius 3 is 2.76 bits per heavy atom. The van der Waals surface area contributed by atoms with E-state index in [2.05, 4.69) is 25.7 Å².